The first-order chi connectivity index (χ1) is 17.4. The van der Waals surface area contributed by atoms with Gasteiger partial charge in [0.15, 0.2) is 0 Å². The average molecular weight is 497 g/mol. The van der Waals surface area contributed by atoms with Crippen molar-refractivity contribution in [3.05, 3.63) is 103 Å². The molecule has 0 atom stereocenters. The Kier molecular flexibility index (Phi) is 6.16. The number of anilines is 1. The maximum Gasteiger partial charge on any atom is 0.295 e. The van der Waals surface area contributed by atoms with Crippen molar-refractivity contribution in [2.24, 2.45) is 10.2 Å². The molecule has 0 radical (unpaired) electrons. The van der Waals surface area contributed by atoms with E-state index in [9.17, 15) is 13.0 Å². The van der Waals surface area contributed by atoms with Gasteiger partial charge in [0, 0.05) is 16.3 Å². The monoisotopic (exact) mass is 496 g/mol. The summed E-state index contributed by atoms with van der Waals surface area (Å²) in [6.45, 7) is 0. The Bertz CT molecular complexity index is 1690. The highest BCUT2D eigenvalue weighted by Gasteiger charge is 2.18. The molecule has 1 heterocycles. The number of benzene rings is 4. The van der Waals surface area contributed by atoms with Gasteiger partial charge in [0.25, 0.3) is 10.1 Å². The highest BCUT2D eigenvalue weighted by atomic mass is 32.2. The number of fused-ring (bicyclic) bond motifs is 1. The zero-order valence-corrected chi connectivity index (χ0v) is 19.6. The maximum atomic E-state index is 11.9. The molecule has 36 heavy (non-hydrogen) atoms. The molecule has 0 amide bonds. The maximum absolute atomic E-state index is 11.9. The van der Waals surface area contributed by atoms with E-state index >= 15 is 0 Å². The standard InChI is InChI=1S/C27H20N4O4S/c28-27-21-11-5-4-10-20(21)26(36(32,33)34)16-24(27)31-30-18-14-15-23(29-17-18)22-12-6-7-13-25(22)35-19-8-2-1-3-9-19/h1-17H,28H2,(H,32,33,34)/b31-30+. The lowest BCUT2D eigenvalue weighted by Gasteiger charge is -2.11. The summed E-state index contributed by atoms with van der Waals surface area (Å²) < 4.78 is 39.5. The van der Waals surface area contributed by atoms with Gasteiger partial charge >= 0.3 is 0 Å². The number of nitrogens with two attached hydrogens (primary N) is 1. The average Bonchev–Trinajstić information content (AvgIpc) is 2.89. The van der Waals surface area contributed by atoms with Crippen molar-refractivity contribution < 1.29 is 17.7 Å². The molecule has 4 aromatic carbocycles. The molecule has 178 valence electrons. The largest absolute Gasteiger partial charge is 0.457 e. The quantitative estimate of drug-likeness (QED) is 0.149. The van der Waals surface area contributed by atoms with Gasteiger partial charge in [0.1, 0.15) is 27.8 Å². The number of nitrogen functional groups attached to an aromatic ring is 1. The third kappa shape index (κ3) is 4.78. The Hall–Kier alpha value is -4.60. The summed E-state index contributed by atoms with van der Waals surface area (Å²) in [6.07, 6.45) is 1.54. The number of ether oxygens (including phenoxy) is 1. The first-order valence-electron chi connectivity index (χ1n) is 10.9. The molecule has 5 rings (SSSR count). The first kappa shape index (κ1) is 23.2. The van der Waals surface area contributed by atoms with E-state index in [-0.39, 0.29) is 16.3 Å². The van der Waals surface area contributed by atoms with Crippen LogP contribution in [0.5, 0.6) is 11.5 Å². The molecule has 0 bridgehead atoms. The van der Waals surface area contributed by atoms with Gasteiger partial charge in [0.2, 0.25) is 0 Å². The molecule has 9 heteroatoms. The SMILES string of the molecule is Nc1c(/N=N/c2ccc(-c3ccccc3Oc3ccccc3)nc2)cc(S(=O)(=O)O)c2ccccc12. The molecule has 5 aromatic rings. The molecule has 0 saturated heterocycles. The molecule has 0 aliphatic carbocycles. The topological polar surface area (TPSA) is 127 Å². The zero-order chi connectivity index (χ0) is 25.1. The van der Waals surface area contributed by atoms with Crippen LogP contribution in [0.25, 0.3) is 22.0 Å². The van der Waals surface area contributed by atoms with Gasteiger partial charge in [-0.2, -0.15) is 8.42 Å². The van der Waals surface area contributed by atoms with E-state index in [2.05, 4.69) is 15.2 Å². The third-order valence-corrected chi connectivity index (χ3v) is 6.35. The predicted octanol–water partition coefficient (Wildman–Crippen LogP) is 6.94. The van der Waals surface area contributed by atoms with E-state index in [1.165, 1.54) is 6.07 Å². The van der Waals surface area contributed by atoms with Crippen molar-refractivity contribution in [1.82, 2.24) is 4.98 Å². The summed E-state index contributed by atoms with van der Waals surface area (Å²) in [5, 5.41) is 9.06. The van der Waals surface area contributed by atoms with Gasteiger partial charge in [-0.25, -0.2) is 0 Å². The molecule has 1 aromatic heterocycles. The first-order valence-corrected chi connectivity index (χ1v) is 12.3. The molecule has 0 unspecified atom stereocenters. The Morgan fingerprint density at radius 2 is 1.50 bits per heavy atom. The second-order valence-electron chi connectivity index (χ2n) is 7.84. The minimum Gasteiger partial charge on any atom is -0.457 e. The van der Waals surface area contributed by atoms with Crippen molar-refractivity contribution in [1.29, 1.82) is 0 Å². The van der Waals surface area contributed by atoms with Gasteiger partial charge in [-0.05, 0) is 42.5 Å². The van der Waals surface area contributed by atoms with Crippen LogP contribution in [0, 0.1) is 0 Å². The van der Waals surface area contributed by atoms with E-state index in [1.807, 2.05) is 54.6 Å². The predicted molar refractivity (Wildman–Crippen MR) is 139 cm³/mol. The lowest BCUT2D eigenvalue weighted by Crippen LogP contribution is -2.01. The number of para-hydroxylation sites is 2. The minimum absolute atomic E-state index is 0.118. The summed E-state index contributed by atoms with van der Waals surface area (Å²) >= 11 is 0. The summed E-state index contributed by atoms with van der Waals surface area (Å²) in [5.41, 5.74) is 8.50. The number of aromatic nitrogens is 1. The van der Waals surface area contributed by atoms with Crippen molar-refractivity contribution in [3.63, 3.8) is 0 Å². The Morgan fingerprint density at radius 1 is 0.806 bits per heavy atom. The van der Waals surface area contributed by atoms with Crippen LogP contribution in [0.15, 0.2) is 118 Å². The second-order valence-corrected chi connectivity index (χ2v) is 9.23. The number of hydrogen-bond donors (Lipinski definition) is 2. The van der Waals surface area contributed by atoms with Crippen LogP contribution in [0.4, 0.5) is 17.1 Å². The number of azo groups is 1. The van der Waals surface area contributed by atoms with Crippen LogP contribution >= 0.6 is 0 Å². The molecular formula is C27H20N4O4S. The number of hydrogen-bond acceptors (Lipinski definition) is 7. The van der Waals surface area contributed by atoms with Gasteiger partial charge < -0.3 is 10.5 Å². The molecular weight excluding hydrogens is 476 g/mol. The molecule has 3 N–H and O–H groups in total. The summed E-state index contributed by atoms with van der Waals surface area (Å²) in [4.78, 5) is 4.20. The number of pyridine rings is 1. The number of nitrogens with zero attached hydrogens (tertiary/aromatic N) is 3. The highest BCUT2D eigenvalue weighted by Crippen LogP contribution is 2.37. The van der Waals surface area contributed by atoms with Gasteiger partial charge in [-0.3, -0.25) is 9.54 Å². The minimum atomic E-state index is -4.50. The van der Waals surface area contributed by atoms with Crippen LogP contribution < -0.4 is 10.5 Å². The molecule has 0 spiro atoms. The summed E-state index contributed by atoms with van der Waals surface area (Å²) in [7, 11) is -4.50. The molecule has 0 fully saturated rings. The Morgan fingerprint density at radius 3 is 2.22 bits per heavy atom. The Balaban J connectivity index is 1.45. The molecule has 0 aliphatic rings. The van der Waals surface area contributed by atoms with Crippen molar-refractivity contribution in [3.8, 4) is 22.8 Å². The smallest absolute Gasteiger partial charge is 0.295 e. The third-order valence-electron chi connectivity index (χ3n) is 5.46. The van der Waals surface area contributed by atoms with E-state index in [0.717, 1.165) is 5.56 Å². The normalized spacial score (nSPS) is 11.7. The van der Waals surface area contributed by atoms with Crippen LogP contribution in [-0.2, 0) is 10.1 Å². The van der Waals surface area contributed by atoms with Crippen LogP contribution in [-0.4, -0.2) is 18.0 Å². The van der Waals surface area contributed by atoms with Crippen LogP contribution in [0.1, 0.15) is 0 Å². The van der Waals surface area contributed by atoms with Crippen LogP contribution in [0.3, 0.4) is 0 Å². The van der Waals surface area contributed by atoms with E-state index in [0.29, 0.717) is 33.7 Å². The van der Waals surface area contributed by atoms with E-state index < -0.39 is 10.1 Å². The van der Waals surface area contributed by atoms with Gasteiger partial charge in [0.05, 0.1) is 17.6 Å². The van der Waals surface area contributed by atoms with Gasteiger partial charge in [-0.15, -0.1) is 10.2 Å². The lowest BCUT2D eigenvalue weighted by molar-refractivity contribution is 0.483. The summed E-state index contributed by atoms with van der Waals surface area (Å²) in [5.74, 6) is 1.37. The second kappa shape index (κ2) is 9.57. The fourth-order valence-corrected chi connectivity index (χ4v) is 4.46. The molecule has 0 aliphatic heterocycles. The summed E-state index contributed by atoms with van der Waals surface area (Å²) in [6, 6.07) is 28.4. The Labute approximate surface area is 207 Å². The van der Waals surface area contributed by atoms with Crippen molar-refractivity contribution >= 4 is 38.0 Å². The fraction of sp³-hybridized carbons (Fsp3) is 0. The van der Waals surface area contributed by atoms with E-state index in [4.69, 9.17) is 10.5 Å². The van der Waals surface area contributed by atoms with E-state index in [1.54, 1.807) is 42.6 Å². The lowest BCUT2D eigenvalue weighted by atomic mass is 10.1. The van der Waals surface area contributed by atoms with Gasteiger partial charge in [-0.1, -0.05) is 54.6 Å². The van der Waals surface area contributed by atoms with Crippen molar-refractivity contribution in [2.45, 2.75) is 4.90 Å². The fourth-order valence-electron chi connectivity index (χ4n) is 3.75. The molecule has 0 saturated carbocycles. The van der Waals surface area contributed by atoms with Crippen LogP contribution in [0.2, 0.25) is 0 Å². The molecule has 8 nitrogen and oxygen atoms in total. The number of rotatable bonds is 6. The highest BCUT2D eigenvalue weighted by molar-refractivity contribution is 7.86. The van der Waals surface area contributed by atoms with Crippen molar-refractivity contribution in [2.75, 3.05) is 5.73 Å². The zero-order valence-electron chi connectivity index (χ0n) is 18.8.